The Morgan fingerprint density at radius 3 is 2.75 bits per heavy atom. The third-order valence-corrected chi connectivity index (χ3v) is 2.85. The van der Waals surface area contributed by atoms with E-state index in [2.05, 4.69) is 4.98 Å². The summed E-state index contributed by atoms with van der Waals surface area (Å²) in [6.07, 6.45) is 2.90. The van der Waals surface area contributed by atoms with Gasteiger partial charge in [-0.05, 0) is 18.8 Å². The molecule has 6 nitrogen and oxygen atoms in total. The molecule has 0 bridgehead atoms. The first-order chi connectivity index (χ1) is 7.70. The number of carboxylic acid groups (broad SMARTS) is 1. The first-order valence-corrected chi connectivity index (χ1v) is 5.25. The van der Waals surface area contributed by atoms with Gasteiger partial charge in [0.15, 0.2) is 5.69 Å². The number of hydrogen-bond donors (Lipinski definition) is 2. The maximum atomic E-state index is 10.6. The Bertz CT molecular complexity index is 369. The van der Waals surface area contributed by atoms with E-state index in [1.54, 1.807) is 0 Å². The first-order valence-electron chi connectivity index (χ1n) is 5.25. The van der Waals surface area contributed by atoms with Crippen LogP contribution < -0.4 is 4.90 Å². The summed E-state index contributed by atoms with van der Waals surface area (Å²) in [7, 11) is 0. The number of nitrogens with zero attached hydrogens (tertiary/aromatic N) is 2. The van der Waals surface area contributed by atoms with Gasteiger partial charge >= 0.3 is 5.97 Å². The number of carbonyl (C=O) groups is 1. The highest BCUT2D eigenvalue weighted by Crippen LogP contribution is 2.22. The second kappa shape index (κ2) is 4.52. The summed E-state index contributed by atoms with van der Waals surface area (Å²) in [4.78, 5) is 16.4. The lowest BCUT2D eigenvalue weighted by atomic mass is 9.98. The summed E-state index contributed by atoms with van der Waals surface area (Å²) in [5.74, 6) is -0.745. The van der Waals surface area contributed by atoms with E-state index in [1.165, 1.54) is 0 Å². The molecule has 2 N–H and O–H groups in total. The molecule has 0 spiro atoms. The van der Waals surface area contributed by atoms with Crippen molar-refractivity contribution in [2.75, 3.05) is 24.6 Å². The minimum Gasteiger partial charge on any atom is -0.476 e. The Labute approximate surface area is 92.5 Å². The number of carboxylic acids is 1. The lowest BCUT2D eigenvalue weighted by molar-refractivity contribution is 0.0690. The van der Waals surface area contributed by atoms with Gasteiger partial charge in [-0.25, -0.2) is 4.79 Å². The van der Waals surface area contributed by atoms with Gasteiger partial charge in [-0.1, -0.05) is 0 Å². The molecule has 6 heteroatoms. The van der Waals surface area contributed by atoms with Gasteiger partial charge < -0.3 is 19.5 Å². The zero-order chi connectivity index (χ0) is 11.5. The van der Waals surface area contributed by atoms with Crippen molar-refractivity contribution in [2.24, 2.45) is 5.92 Å². The van der Waals surface area contributed by atoms with E-state index < -0.39 is 5.97 Å². The highest BCUT2D eigenvalue weighted by Gasteiger charge is 2.22. The average Bonchev–Trinajstić information content (AvgIpc) is 2.78. The number of aliphatic hydroxyl groups is 1. The van der Waals surface area contributed by atoms with Gasteiger partial charge in [-0.2, -0.15) is 4.98 Å². The maximum Gasteiger partial charge on any atom is 0.357 e. The molecule has 1 aromatic heterocycles. The summed E-state index contributed by atoms with van der Waals surface area (Å²) >= 11 is 0. The van der Waals surface area contributed by atoms with Crippen LogP contribution in [-0.4, -0.2) is 40.9 Å². The molecule has 16 heavy (non-hydrogen) atoms. The fourth-order valence-corrected chi connectivity index (χ4v) is 1.81. The van der Waals surface area contributed by atoms with Gasteiger partial charge in [-0.3, -0.25) is 0 Å². The Morgan fingerprint density at radius 1 is 1.56 bits per heavy atom. The highest BCUT2D eigenvalue weighted by atomic mass is 16.4. The number of aliphatic hydroxyl groups excluding tert-OH is 1. The molecule has 1 fully saturated rings. The van der Waals surface area contributed by atoms with Crippen LogP contribution in [0.3, 0.4) is 0 Å². The predicted molar refractivity (Wildman–Crippen MR) is 55.5 cm³/mol. The van der Waals surface area contributed by atoms with Gasteiger partial charge in [0.2, 0.25) is 0 Å². The zero-order valence-corrected chi connectivity index (χ0v) is 8.80. The standard InChI is InChI=1S/C10H14N2O4/c13-5-7-1-3-12(4-2-7)10-11-8(6-16-10)9(14)15/h6-7,13H,1-5H2,(H,14,15). The molecule has 1 aliphatic heterocycles. The molecule has 1 saturated heterocycles. The van der Waals surface area contributed by atoms with Crippen LogP contribution in [0.25, 0.3) is 0 Å². The number of anilines is 1. The molecular weight excluding hydrogens is 212 g/mol. The number of piperidine rings is 1. The van der Waals surface area contributed by atoms with Crippen LogP contribution >= 0.6 is 0 Å². The summed E-state index contributed by atoms with van der Waals surface area (Å²) < 4.78 is 5.11. The quantitative estimate of drug-likeness (QED) is 0.784. The van der Waals surface area contributed by atoms with E-state index in [-0.39, 0.29) is 12.3 Å². The molecule has 2 rings (SSSR count). The van der Waals surface area contributed by atoms with E-state index in [1.807, 2.05) is 4.90 Å². The Balaban J connectivity index is 2.00. The van der Waals surface area contributed by atoms with Crippen molar-refractivity contribution >= 4 is 12.0 Å². The minimum absolute atomic E-state index is 0.0701. The highest BCUT2D eigenvalue weighted by molar-refractivity contribution is 5.85. The maximum absolute atomic E-state index is 10.6. The number of hydrogen-bond acceptors (Lipinski definition) is 5. The van der Waals surface area contributed by atoms with Crippen molar-refractivity contribution in [3.05, 3.63) is 12.0 Å². The van der Waals surface area contributed by atoms with Crippen molar-refractivity contribution in [1.29, 1.82) is 0 Å². The molecule has 1 aromatic rings. The molecule has 1 aliphatic rings. The van der Waals surface area contributed by atoms with Crippen molar-refractivity contribution < 1.29 is 19.4 Å². The van der Waals surface area contributed by atoms with Crippen LogP contribution in [0.15, 0.2) is 10.7 Å². The average molecular weight is 226 g/mol. The fourth-order valence-electron chi connectivity index (χ4n) is 1.81. The van der Waals surface area contributed by atoms with Crippen LogP contribution in [0, 0.1) is 5.92 Å². The Hall–Kier alpha value is -1.56. The molecule has 88 valence electrons. The van der Waals surface area contributed by atoms with Crippen molar-refractivity contribution in [2.45, 2.75) is 12.8 Å². The van der Waals surface area contributed by atoms with Crippen LogP contribution in [0.2, 0.25) is 0 Å². The molecular formula is C10H14N2O4. The van der Waals surface area contributed by atoms with Crippen LogP contribution in [0.1, 0.15) is 23.3 Å². The van der Waals surface area contributed by atoms with Crippen molar-refractivity contribution in [3.8, 4) is 0 Å². The van der Waals surface area contributed by atoms with E-state index in [0.717, 1.165) is 32.2 Å². The molecule has 2 heterocycles. The number of aromatic nitrogens is 1. The monoisotopic (exact) mass is 226 g/mol. The SMILES string of the molecule is O=C(O)c1coc(N2CCC(CO)CC2)n1. The van der Waals surface area contributed by atoms with Gasteiger partial charge in [0.25, 0.3) is 6.01 Å². The lowest BCUT2D eigenvalue weighted by Crippen LogP contribution is -2.34. The molecule has 0 saturated carbocycles. The summed E-state index contributed by atoms with van der Waals surface area (Å²) in [5.41, 5.74) is -0.0701. The van der Waals surface area contributed by atoms with Gasteiger partial charge in [-0.15, -0.1) is 0 Å². The second-order valence-electron chi connectivity index (χ2n) is 3.93. The van der Waals surface area contributed by atoms with Crippen molar-refractivity contribution in [1.82, 2.24) is 4.98 Å². The molecule has 0 radical (unpaired) electrons. The van der Waals surface area contributed by atoms with Crippen LogP contribution in [-0.2, 0) is 0 Å². The fraction of sp³-hybridized carbons (Fsp3) is 0.600. The number of aromatic carboxylic acids is 1. The molecule has 0 atom stereocenters. The van der Waals surface area contributed by atoms with E-state index in [4.69, 9.17) is 14.6 Å². The minimum atomic E-state index is -1.08. The lowest BCUT2D eigenvalue weighted by Gasteiger charge is -2.29. The topological polar surface area (TPSA) is 86.8 Å². The number of rotatable bonds is 3. The van der Waals surface area contributed by atoms with Crippen LogP contribution in [0.5, 0.6) is 0 Å². The van der Waals surface area contributed by atoms with Gasteiger partial charge in [0, 0.05) is 19.7 Å². The largest absolute Gasteiger partial charge is 0.476 e. The second-order valence-corrected chi connectivity index (χ2v) is 3.93. The molecule has 0 unspecified atom stereocenters. The third kappa shape index (κ3) is 2.16. The normalized spacial score (nSPS) is 17.7. The van der Waals surface area contributed by atoms with Crippen LogP contribution in [0.4, 0.5) is 6.01 Å². The van der Waals surface area contributed by atoms with Crippen molar-refractivity contribution in [3.63, 3.8) is 0 Å². The Morgan fingerprint density at radius 2 is 2.25 bits per heavy atom. The van der Waals surface area contributed by atoms with E-state index >= 15 is 0 Å². The Kier molecular flexibility index (Phi) is 3.09. The molecule has 0 aliphatic carbocycles. The summed E-state index contributed by atoms with van der Waals surface area (Å²) in [6.45, 7) is 1.69. The predicted octanol–water partition coefficient (Wildman–Crippen LogP) is 0.582. The zero-order valence-electron chi connectivity index (χ0n) is 8.80. The summed E-state index contributed by atoms with van der Waals surface area (Å²) in [6, 6.07) is 0.355. The van der Waals surface area contributed by atoms with E-state index in [0.29, 0.717) is 11.9 Å². The molecule has 0 amide bonds. The van der Waals surface area contributed by atoms with Gasteiger partial charge in [0.1, 0.15) is 6.26 Å². The summed E-state index contributed by atoms with van der Waals surface area (Å²) in [5, 5.41) is 17.7. The molecule has 0 aromatic carbocycles. The van der Waals surface area contributed by atoms with Gasteiger partial charge in [0.05, 0.1) is 0 Å². The van der Waals surface area contributed by atoms with E-state index in [9.17, 15) is 4.79 Å². The first kappa shape index (κ1) is 10.9. The number of oxazole rings is 1. The third-order valence-electron chi connectivity index (χ3n) is 2.85. The smallest absolute Gasteiger partial charge is 0.357 e.